The zero-order chi connectivity index (χ0) is 21.5. The molecule has 0 aromatic rings. The van der Waals surface area contributed by atoms with Crippen LogP contribution in [0, 0.1) is 24.2 Å². The molecule has 0 heterocycles. The second-order valence-electron chi connectivity index (χ2n) is 7.42. The van der Waals surface area contributed by atoms with E-state index in [0.29, 0.717) is 44.9 Å². The van der Waals surface area contributed by atoms with Crippen molar-refractivity contribution in [1.29, 1.82) is 0 Å². The summed E-state index contributed by atoms with van der Waals surface area (Å²) in [4.78, 5) is 43.7. The van der Waals surface area contributed by atoms with Crippen LogP contribution in [0.5, 0.6) is 0 Å². The summed E-state index contributed by atoms with van der Waals surface area (Å²) in [6, 6.07) is 0. The lowest BCUT2D eigenvalue weighted by Gasteiger charge is -2.21. The van der Waals surface area contributed by atoms with E-state index < -0.39 is 23.9 Å². The first-order valence-electron chi connectivity index (χ1n) is 9.82. The van der Waals surface area contributed by atoms with Crippen molar-refractivity contribution in [3.8, 4) is 0 Å². The fourth-order valence-corrected chi connectivity index (χ4v) is 3.41. The van der Waals surface area contributed by atoms with Crippen molar-refractivity contribution in [2.45, 2.75) is 77.6 Å². The van der Waals surface area contributed by atoms with Crippen LogP contribution in [0.2, 0.25) is 0 Å². The highest BCUT2D eigenvalue weighted by Crippen LogP contribution is 2.28. The number of carboxylic acid groups (broad SMARTS) is 4. The van der Waals surface area contributed by atoms with Crippen LogP contribution in [0.1, 0.15) is 77.6 Å². The SMILES string of the molecule is CCC(CCC(CCC(CC[CH]CC(=O)O)CC(=O)O)CC(=O)O)CC(=O)O. The molecule has 4 N–H and O–H groups in total. The van der Waals surface area contributed by atoms with E-state index in [0.717, 1.165) is 0 Å². The summed E-state index contributed by atoms with van der Waals surface area (Å²) in [5, 5.41) is 35.8. The van der Waals surface area contributed by atoms with E-state index in [4.69, 9.17) is 20.4 Å². The predicted molar refractivity (Wildman–Crippen MR) is 102 cm³/mol. The van der Waals surface area contributed by atoms with E-state index in [-0.39, 0.29) is 43.4 Å². The molecule has 0 rings (SSSR count). The number of rotatable bonds is 18. The fourth-order valence-electron chi connectivity index (χ4n) is 3.41. The largest absolute Gasteiger partial charge is 0.481 e. The van der Waals surface area contributed by atoms with Crippen LogP contribution in [0.3, 0.4) is 0 Å². The van der Waals surface area contributed by atoms with Gasteiger partial charge >= 0.3 is 23.9 Å². The third-order valence-electron chi connectivity index (χ3n) is 5.03. The van der Waals surface area contributed by atoms with Crippen molar-refractivity contribution in [3.05, 3.63) is 6.42 Å². The lowest BCUT2D eigenvalue weighted by molar-refractivity contribution is -0.140. The molecule has 0 aliphatic heterocycles. The van der Waals surface area contributed by atoms with Crippen molar-refractivity contribution < 1.29 is 39.6 Å². The van der Waals surface area contributed by atoms with Crippen molar-refractivity contribution in [2.75, 3.05) is 0 Å². The van der Waals surface area contributed by atoms with Crippen LogP contribution in [0.4, 0.5) is 0 Å². The Hall–Kier alpha value is -2.12. The van der Waals surface area contributed by atoms with E-state index in [1.807, 2.05) is 6.92 Å². The minimum absolute atomic E-state index is 0.00855. The van der Waals surface area contributed by atoms with Crippen molar-refractivity contribution in [1.82, 2.24) is 0 Å². The summed E-state index contributed by atoms with van der Waals surface area (Å²) in [6.45, 7) is 1.91. The molecule has 0 fully saturated rings. The zero-order valence-electron chi connectivity index (χ0n) is 16.5. The van der Waals surface area contributed by atoms with Gasteiger partial charge in [0.1, 0.15) is 0 Å². The number of aliphatic carboxylic acids is 4. The summed E-state index contributed by atoms with van der Waals surface area (Å²) >= 11 is 0. The zero-order valence-corrected chi connectivity index (χ0v) is 16.5. The van der Waals surface area contributed by atoms with Gasteiger partial charge in [-0.25, -0.2) is 0 Å². The van der Waals surface area contributed by atoms with Gasteiger partial charge in [0.2, 0.25) is 0 Å². The van der Waals surface area contributed by atoms with E-state index in [9.17, 15) is 19.2 Å². The maximum Gasteiger partial charge on any atom is 0.303 e. The first-order valence-corrected chi connectivity index (χ1v) is 9.82. The summed E-state index contributed by atoms with van der Waals surface area (Å²) in [5.74, 6) is -3.89. The third kappa shape index (κ3) is 15.0. The van der Waals surface area contributed by atoms with Crippen molar-refractivity contribution >= 4 is 23.9 Å². The van der Waals surface area contributed by atoms with Crippen LogP contribution < -0.4 is 0 Å². The van der Waals surface area contributed by atoms with Gasteiger partial charge in [-0.05, 0) is 62.7 Å². The fraction of sp³-hybridized carbons (Fsp3) is 0.750. The molecule has 0 aliphatic carbocycles. The highest BCUT2D eigenvalue weighted by atomic mass is 16.4. The molecule has 161 valence electrons. The van der Waals surface area contributed by atoms with Crippen LogP contribution in [0.15, 0.2) is 0 Å². The first-order chi connectivity index (χ1) is 13.1. The first kappa shape index (κ1) is 25.9. The average Bonchev–Trinajstić information content (AvgIpc) is 2.57. The maximum absolute atomic E-state index is 11.2. The molecular weight excluding hydrogens is 368 g/mol. The molecule has 3 atom stereocenters. The molecule has 3 unspecified atom stereocenters. The van der Waals surface area contributed by atoms with Crippen molar-refractivity contribution in [3.63, 3.8) is 0 Å². The Labute approximate surface area is 165 Å². The molecule has 0 aromatic carbocycles. The highest BCUT2D eigenvalue weighted by Gasteiger charge is 2.20. The summed E-state index contributed by atoms with van der Waals surface area (Å²) in [7, 11) is 0. The Morgan fingerprint density at radius 1 is 0.643 bits per heavy atom. The number of carboxylic acids is 4. The van der Waals surface area contributed by atoms with E-state index in [1.165, 1.54) is 0 Å². The number of hydrogen-bond acceptors (Lipinski definition) is 4. The summed E-state index contributed by atoms with van der Waals surface area (Å²) < 4.78 is 0. The average molecular weight is 401 g/mol. The normalized spacial score (nSPS) is 14.2. The molecular formula is C20H33O8. The Balaban J connectivity index is 4.64. The van der Waals surface area contributed by atoms with Crippen LogP contribution >= 0.6 is 0 Å². The van der Waals surface area contributed by atoms with Gasteiger partial charge in [0.25, 0.3) is 0 Å². The van der Waals surface area contributed by atoms with Crippen molar-refractivity contribution in [2.24, 2.45) is 17.8 Å². The van der Waals surface area contributed by atoms with Crippen LogP contribution in [-0.2, 0) is 19.2 Å². The van der Waals surface area contributed by atoms with Crippen LogP contribution in [-0.4, -0.2) is 44.3 Å². The third-order valence-corrected chi connectivity index (χ3v) is 5.03. The minimum Gasteiger partial charge on any atom is -0.481 e. The molecule has 0 saturated carbocycles. The summed E-state index contributed by atoms with van der Waals surface area (Å²) in [6.07, 6.45) is 5.69. The smallest absolute Gasteiger partial charge is 0.303 e. The number of carbonyl (C=O) groups is 4. The molecule has 0 aromatic heterocycles. The molecule has 28 heavy (non-hydrogen) atoms. The van der Waals surface area contributed by atoms with Crippen LogP contribution in [0.25, 0.3) is 0 Å². The molecule has 8 nitrogen and oxygen atoms in total. The molecule has 0 aliphatic rings. The van der Waals surface area contributed by atoms with Gasteiger partial charge in [0, 0.05) is 25.7 Å². The molecule has 0 amide bonds. The second kappa shape index (κ2) is 14.9. The lowest BCUT2D eigenvalue weighted by Crippen LogP contribution is -2.15. The van der Waals surface area contributed by atoms with Gasteiger partial charge in [-0.3, -0.25) is 19.2 Å². The quantitative estimate of drug-likeness (QED) is 0.254. The van der Waals surface area contributed by atoms with Gasteiger partial charge < -0.3 is 20.4 Å². The topological polar surface area (TPSA) is 149 Å². The Kier molecular flexibility index (Phi) is 13.8. The monoisotopic (exact) mass is 401 g/mol. The Morgan fingerprint density at radius 3 is 1.43 bits per heavy atom. The predicted octanol–water partition coefficient (Wildman–Crippen LogP) is 3.69. The Bertz CT molecular complexity index is 502. The highest BCUT2D eigenvalue weighted by molar-refractivity contribution is 5.68. The summed E-state index contributed by atoms with van der Waals surface area (Å²) in [5.41, 5.74) is 0. The van der Waals surface area contributed by atoms with Gasteiger partial charge in [0.05, 0.1) is 0 Å². The van der Waals surface area contributed by atoms with Gasteiger partial charge in [-0.1, -0.05) is 13.3 Å². The van der Waals surface area contributed by atoms with Gasteiger partial charge in [-0.2, -0.15) is 0 Å². The van der Waals surface area contributed by atoms with E-state index in [1.54, 1.807) is 6.42 Å². The standard InChI is InChI=1S/C20H33O8/c1-2-14(11-18(23)24)7-8-16(13-20(27)28)10-9-15(12-19(25)26)5-3-4-6-17(21)22/h4,14-16H,2-3,5-13H2,1H3,(H,21,22)(H,23,24)(H,25,26)(H,27,28). The number of hydrogen-bond donors (Lipinski definition) is 4. The molecule has 0 saturated heterocycles. The number of unbranched alkanes of at least 4 members (excludes halogenated alkanes) is 1. The van der Waals surface area contributed by atoms with Gasteiger partial charge in [0.15, 0.2) is 0 Å². The second-order valence-corrected chi connectivity index (χ2v) is 7.42. The molecule has 1 radical (unpaired) electrons. The van der Waals surface area contributed by atoms with Gasteiger partial charge in [-0.15, -0.1) is 0 Å². The molecule has 0 bridgehead atoms. The Morgan fingerprint density at radius 2 is 1.04 bits per heavy atom. The molecule has 8 heteroatoms. The van der Waals surface area contributed by atoms with E-state index in [2.05, 4.69) is 0 Å². The minimum atomic E-state index is -0.928. The molecule has 0 spiro atoms. The maximum atomic E-state index is 11.2. The van der Waals surface area contributed by atoms with E-state index >= 15 is 0 Å². The lowest BCUT2D eigenvalue weighted by atomic mass is 9.84.